The van der Waals surface area contributed by atoms with Crippen molar-refractivity contribution in [3.63, 3.8) is 0 Å². The van der Waals surface area contributed by atoms with Gasteiger partial charge in [0.1, 0.15) is 5.82 Å². The molecule has 0 aliphatic carbocycles. The molecule has 0 aliphatic heterocycles. The first-order chi connectivity index (χ1) is 7.11. The zero-order chi connectivity index (χ0) is 11.3. The molecule has 2 N–H and O–H groups in total. The number of rotatable bonds is 5. The second kappa shape index (κ2) is 6.13. The smallest absolute Gasteiger partial charge is 0.124 e. The summed E-state index contributed by atoms with van der Waals surface area (Å²) in [7, 11) is 0. The summed E-state index contributed by atoms with van der Waals surface area (Å²) in [6, 6.07) is 5.03. The highest BCUT2D eigenvalue weighted by atomic mass is 32.2. The summed E-state index contributed by atoms with van der Waals surface area (Å²) < 4.78 is 13.1. The molecule has 0 atom stereocenters. The lowest BCUT2D eigenvalue weighted by Gasteiger charge is -2.06. The monoisotopic (exact) mass is 227 g/mol. The molecule has 84 valence electrons. The molecule has 0 heterocycles. The molecule has 0 radical (unpaired) electrons. The lowest BCUT2D eigenvalue weighted by Crippen LogP contribution is -1.97. The van der Waals surface area contributed by atoms with Gasteiger partial charge in [0.15, 0.2) is 0 Å². The van der Waals surface area contributed by atoms with E-state index in [1.807, 2.05) is 6.07 Å². The molecule has 1 aromatic carbocycles. The van der Waals surface area contributed by atoms with Crippen LogP contribution in [-0.4, -0.2) is 5.75 Å². The Bertz CT molecular complexity index is 312. The molecule has 1 aromatic rings. The van der Waals surface area contributed by atoms with Gasteiger partial charge in [0.05, 0.1) is 0 Å². The van der Waals surface area contributed by atoms with Crippen molar-refractivity contribution in [1.82, 2.24) is 0 Å². The first-order valence-electron chi connectivity index (χ1n) is 5.24. The third-order valence-electron chi connectivity index (χ3n) is 2.13. The van der Waals surface area contributed by atoms with Gasteiger partial charge in [0.25, 0.3) is 0 Å². The van der Waals surface area contributed by atoms with Gasteiger partial charge >= 0.3 is 0 Å². The predicted molar refractivity (Wildman–Crippen MR) is 64.5 cm³/mol. The van der Waals surface area contributed by atoms with Crippen LogP contribution in [0.3, 0.4) is 0 Å². The molecule has 3 heteroatoms. The normalized spacial score (nSPS) is 11.0. The molecule has 0 saturated carbocycles. The molecule has 0 fully saturated rings. The minimum atomic E-state index is -0.190. The van der Waals surface area contributed by atoms with Crippen LogP contribution in [-0.2, 0) is 6.54 Å². The Hall–Kier alpha value is -0.540. The second-order valence-corrected chi connectivity index (χ2v) is 5.20. The summed E-state index contributed by atoms with van der Waals surface area (Å²) >= 11 is 1.70. The Balaban J connectivity index is 2.56. The van der Waals surface area contributed by atoms with Crippen LogP contribution in [0.2, 0.25) is 0 Å². The van der Waals surface area contributed by atoms with E-state index in [0.717, 1.165) is 22.6 Å². The van der Waals surface area contributed by atoms with Crippen molar-refractivity contribution in [2.45, 2.75) is 31.7 Å². The van der Waals surface area contributed by atoms with Crippen LogP contribution in [0, 0.1) is 11.7 Å². The molecule has 0 saturated heterocycles. The van der Waals surface area contributed by atoms with E-state index in [1.54, 1.807) is 17.8 Å². The Morgan fingerprint density at radius 2 is 2.07 bits per heavy atom. The largest absolute Gasteiger partial charge is 0.326 e. The maximum absolute atomic E-state index is 13.1. The minimum absolute atomic E-state index is 0.190. The first kappa shape index (κ1) is 12.5. The lowest BCUT2D eigenvalue weighted by molar-refractivity contribution is 0.621. The third kappa shape index (κ3) is 4.67. The van der Waals surface area contributed by atoms with E-state index in [1.165, 1.54) is 6.07 Å². The van der Waals surface area contributed by atoms with Crippen molar-refractivity contribution in [2.24, 2.45) is 11.7 Å². The van der Waals surface area contributed by atoms with E-state index >= 15 is 0 Å². The van der Waals surface area contributed by atoms with E-state index in [2.05, 4.69) is 13.8 Å². The van der Waals surface area contributed by atoms with Crippen LogP contribution in [0.4, 0.5) is 4.39 Å². The van der Waals surface area contributed by atoms with Crippen LogP contribution in [0.15, 0.2) is 23.1 Å². The standard InChI is InChI=1S/C12H18FNS/c1-9(2)3-4-15-12-6-10(8-14)5-11(13)7-12/h5-7,9H,3-4,8,14H2,1-2H3. The summed E-state index contributed by atoms with van der Waals surface area (Å²) in [5.74, 6) is 1.54. The van der Waals surface area contributed by atoms with Gasteiger partial charge in [-0.2, -0.15) is 0 Å². The molecular formula is C12H18FNS. The topological polar surface area (TPSA) is 26.0 Å². The molecule has 0 amide bonds. The number of nitrogens with two attached hydrogens (primary N) is 1. The molecule has 0 aliphatic rings. The maximum atomic E-state index is 13.1. The van der Waals surface area contributed by atoms with Gasteiger partial charge in [-0.15, -0.1) is 11.8 Å². The second-order valence-electron chi connectivity index (χ2n) is 4.03. The Morgan fingerprint density at radius 3 is 2.67 bits per heavy atom. The zero-order valence-electron chi connectivity index (χ0n) is 9.29. The van der Waals surface area contributed by atoms with Crippen molar-refractivity contribution in [3.05, 3.63) is 29.6 Å². The molecule has 0 aromatic heterocycles. The Kier molecular flexibility index (Phi) is 5.12. The van der Waals surface area contributed by atoms with Gasteiger partial charge < -0.3 is 5.73 Å². The number of hydrogen-bond acceptors (Lipinski definition) is 2. The number of hydrogen-bond donors (Lipinski definition) is 1. The summed E-state index contributed by atoms with van der Waals surface area (Å²) in [5, 5.41) is 0. The maximum Gasteiger partial charge on any atom is 0.124 e. The van der Waals surface area contributed by atoms with E-state index in [-0.39, 0.29) is 5.82 Å². The number of benzene rings is 1. The highest BCUT2D eigenvalue weighted by molar-refractivity contribution is 7.99. The minimum Gasteiger partial charge on any atom is -0.326 e. The van der Waals surface area contributed by atoms with Gasteiger partial charge in [0, 0.05) is 11.4 Å². The van der Waals surface area contributed by atoms with E-state index in [0.29, 0.717) is 12.5 Å². The van der Waals surface area contributed by atoms with Gasteiger partial charge in [-0.3, -0.25) is 0 Å². The van der Waals surface area contributed by atoms with Gasteiger partial charge in [-0.05, 0) is 41.9 Å². The lowest BCUT2D eigenvalue weighted by atomic mass is 10.2. The fraction of sp³-hybridized carbons (Fsp3) is 0.500. The number of thioether (sulfide) groups is 1. The quantitative estimate of drug-likeness (QED) is 0.780. The first-order valence-corrected chi connectivity index (χ1v) is 6.22. The third-order valence-corrected chi connectivity index (χ3v) is 3.14. The molecule has 0 spiro atoms. The van der Waals surface area contributed by atoms with Crippen molar-refractivity contribution in [2.75, 3.05) is 5.75 Å². The van der Waals surface area contributed by atoms with Gasteiger partial charge in [0.2, 0.25) is 0 Å². The fourth-order valence-corrected chi connectivity index (χ4v) is 2.49. The summed E-state index contributed by atoms with van der Waals surface area (Å²) in [6.45, 7) is 4.78. The molecule has 0 unspecified atom stereocenters. The summed E-state index contributed by atoms with van der Waals surface area (Å²) in [5.41, 5.74) is 6.35. The summed E-state index contributed by atoms with van der Waals surface area (Å²) in [6.07, 6.45) is 1.15. The van der Waals surface area contributed by atoms with Crippen LogP contribution in [0.25, 0.3) is 0 Å². The Morgan fingerprint density at radius 1 is 1.33 bits per heavy atom. The van der Waals surface area contributed by atoms with Gasteiger partial charge in [-0.1, -0.05) is 13.8 Å². The van der Waals surface area contributed by atoms with Crippen molar-refractivity contribution in [1.29, 1.82) is 0 Å². The number of halogens is 1. The van der Waals surface area contributed by atoms with E-state index in [4.69, 9.17) is 5.73 Å². The van der Waals surface area contributed by atoms with Crippen molar-refractivity contribution in [3.8, 4) is 0 Å². The average Bonchev–Trinajstić information content (AvgIpc) is 2.16. The van der Waals surface area contributed by atoms with E-state index in [9.17, 15) is 4.39 Å². The molecule has 1 nitrogen and oxygen atoms in total. The van der Waals surface area contributed by atoms with E-state index < -0.39 is 0 Å². The molecule has 0 bridgehead atoms. The summed E-state index contributed by atoms with van der Waals surface area (Å²) in [4.78, 5) is 0.983. The molecule has 1 rings (SSSR count). The van der Waals surface area contributed by atoms with Crippen LogP contribution in [0.1, 0.15) is 25.8 Å². The highest BCUT2D eigenvalue weighted by Crippen LogP contribution is 2.22. The average molecular weight is 227 g/mol. The van der Waals surface area contributed by atoms with Crippen LogP contribution in [0.5, 0.6) is 0 Å². The fourth-order valence-electron chi connectivity index (χ4n) is 1.23. The van der Waals surface area contributed by atoms with Crippen molar-refractivity contribution >= 4 is 11.8 Å². The molecular weight excluding hydrogens is 209 g/mol. The van der Waals surface area contributed by atoms with Crippen LogP contribution >= 0.6 is 11.8 Å². The highest BCUT2D eigenvalue weighted by Gasteiger charge is 2.01. The predicted octanol–water partition coefficient (Wildman–Crippen LogP) is 3.42. The van der Waals surface area contributed by atoms with Gasteiger partial charge in [-0.25, -0.2) is 4.39 Å². The zero-order valence-corrected chi connectivity index (χ0v) is 10.1. The Labute approximate surface area is 95.2 Å². The van der Waals surface area contributed by atoms with Crippen molar-refractivity contribution < 1.29 is 4.39 Å². The SMILES string of the molecule is CC(C)CCSc1cc(F)cc(CN)c1. The van der Waals surface area contributed by atoms with Crippen LogP contribution < -0.4 is 5.73 Å². The molecule has 15 heavy (non-hydrogen) atoms.